The lowest BCUT2D eigenvalue weighted by atomic mass is 9.96. The van der Waals surface area contributed by atoms with Crippen molar-refractivity contribution < 1.29 is 0 Å². The minimum Gasteiger partial charge on any atom is -0.313 e. The Morgan fingerprint density at radius 1 is 1.20 bits per heavy atom. The maximum atomic E-state index is 3.93. The van der Waals surface area contributed by atoms with Crippen molar-refractivity contribution in [3.05, 3.63) is 35.4 Å². The first-order valence-corrected chi connectivity index (χ1v) is 8.13. The molecule has 2 heterocycles. The van der Waals surface area contributed by atoms with Crippen LogP contribution in [0.25, 0.3) is 0 Å². The van der Waals surface area contributed by atoms with Crippen LogP contribution in [0, 0.1) is 0 Å². The van der Waals surface area contributed by atoms with Crippen LogP contribution in [0.2, 0.25) is 0 Å². The SMILES string of the molecule is CCN1CCC(NC2CCNCc3ccccc32)CC1. The second-order valence-electron chi connectivity index (χ2n) is 6.09. The molecule has 2 N–H and O–H groups in total. The molecule has 0 saturated carbocycles. The van der Waals surface area contributed by atoms with Crippen molar-refractivity contribution in [3.8, 4) is 0 Å². The lowest BCUT2D eigenvalue weighted by molar-refractivity contribution is 0.197. The van der Waals surface area contributed by atoms with Gasteiger partial charge in [0.15, 0.2) is 0 Å². The van der Waals surface area contributed by atoms with Crippen LogP contribution in [-0.4, -0.2) is 37.1 Å². The summed E-state index contributed by atoms with van der Waals surface area (Å²) in [4.78, 5) is 2.56. The van der Waals surface area contributed by atoms with Crippen LogP contribution in [0.1, 0.15) is 43.4 Å². The fraction of sp³-hybridized carbons (Fsp3) is 0.647. The summed E-state index contributed by atoms with van der Waals surface area (Å²) in [5.74, 6) is 0. The highest BCUT2D eigenvalue weighted by atomic mass is 15.1. The molecule has 1 unspecified atom stereocenters. The molecule has 3 heteroatoms. The van der Waals surface area contributed by atoms with E-state index in [1.807, 2.05) is 0 Å². The van der Waals surface area contributed by atoms with Crippen LogP contribution < -0.4 is 10.6 Å². The zero-order valence-corrected chi connectivity index (χ0v) is 12.6. The quantitative estimate of drug-likeness (QED) is 0.885. The topological polar surface area (TPSA) is 27.3 Å². The van der Waals surface area contributed by atoms with E-state index in [-0.39, 0.29) is 0 Å². The number of hydrogen-bond donors (Lipinski definition) is 2. The Morgan fingerprint density at radius 2 is 2.00 bits per heavy atom. The van der Waals surface area contributed by atoms with Gasteiger partial charge in [0.05, 0.1) is 0 Å². The molecular weight excluding hydrogens is 246 g/mol. The van der Waals surface area contributed by atoms with Gasteiger partial charge in [0, 0.05) is 18.6 Å². The number of piperidine rings is 1. The van der Waals surface area contributed by atoms with E-state index in [2.05, 4.69) is 46.7 Å². The predicted molar refractivity (Wildman–Crippen MR) is 83.8 cm³/mol. The van der Waals surface area contributed by atoms with Crippen molar-refractivity contribution in [1.82, 2.24) is 15.5 Å². The van der Waals surface area contributed by atoms with Crippen LogP contribution in [-0.2, 0) is 6.54 Å². The molecule has 3 nitrogen and oxygen atoms in total. The van der Waals surface area contributed by atoms with Crippen LogP contribution >= 0.6 is 0 Å². The minimum atomic E-state index is 0.527. The van der Waals surface area contributed by atoms with Gasteiger partial charge in [0.1, 0.15) is 0 Å². The van der Waals surface area contributed by atoms with Gasteiger partial charge >= 0.3 is 0 Å². The van der Waals surface area contributed by atoms with E-state index < -0.39 is 0 Å². The second-order valence-corrected chi connectivity index (χ2v) is 6.09. The van der Waals surface area contributed by atoms with Crippen molar-refractivity contribution >= 4 is 0 Å². The molecular formula is C17H27N3. The van der Waals surface area contributed by atoms with E-state index in [4.69, 9.17) is 0 Å². The summed E-state index contributed by atoms with van der Waals surface area (Å²) in [6.07, 6.45) is 3.78. The average Bonchev–Trinajstić information content (AvgIpc) is 2.71. The summed E-state index contributed by atoms with van der Waals surface area (Å²) >= 11 is 0. The third-order valence-corrected chi connectivity index (χ3v) is 4.83. The van der Waals surface area contributed by atoms with E-state index in [1.165, 1.54) is 50.0 Å². The van der Waals surface area contributed by atoms with Crippen molar-refractivity contribution in [2.45, 2.75) is 44.8 Å². The van der Waals surface area contributed by atoms with Crippen LogP contribution in [0.3, 0.4) is 0 Å². The lowest BCUT2D eigenvalue weighted by Gasteiger charge is -2.34. The molecule has 2 aliphatic rings. The fourth-order valence-corrected chi connectivity index (χ4v) is 3.53. The largest absolute Gasteiger partial charge is 0.313 e. The van der Waals surface area contributed by atoms with Gasteiger partial charge in [0.25, 0.3) is 0 Å². The van der Waals surface area contributed by atoms with Gasteiger partial charge in [-0.2, -0.15) is 0 Å². The fourth-order valence-electron chi connectivity index (χ4n) is 3.53. The summed E-state index contributed by atoms with van der Waals surface area (Å²) in [5.41, 5.74) is 2.98. The summed E-state index contributed by atoms with van der Waals surface area (Å²) in [7, 11) is 0. The molecule has 3 rings (SSSR count). The van der Waals surface area contributed by atoms with Gasteiger partial charge in [-0.1, -0.05) is 31.2 Å². The first kappa shape index (κ1) is 14.1. The third-order valence-electron chi connectivity index (χ3n) is 4.83. The van der Waals surface area contributed by atoms with Crippen molar-refractivity contribution in [3.63, 3.8) is 0 Å². The molecule has 0 spiro atoms. The molecule has 1 aromatic carbocycles. The highest BCUT2D eigenvalue weighted by Crippen LogP contribution is 2.25. The van der Waals surface area contributed by atoms with Gasteiger partial charge in [-0.05, 0) is 56.6 Å². The van der Waals surface area contributed by atoms with Crippen LogP contribution in [0.5, 0.6) is 0 Å². The zero-order chi connectivity index (χ0) is 13.8. The van der Waals surface area contributed by atoms with E-state index >= 15 is 0 Å². The molecule has 0 aliphatic carbocycles. The first-order chi connectivity index (χ1) is 9.86. The molecule has 1 saturated heterocycles. The van der Waals surface area contributed by atoms with E-state index in [9.17, 15) is 0 Å². The minimum absolute atomic E-state index is 0.527. The van der Waals surface area contributed by atoms with Gasteiger partial charge in [-0.25, -0.2) is 0 Å². The highest BCUT2D eigenvalue weighted by molar-refractivity contribution is 5.31. The molecule has 0 bridgehead atoms. The summed E-state index contributed by atoms with van der Waals surface area (Å²) < 4.78 is 0. The molecule has 1 fully saturated rings. The number of hydrogen-bond acceptors (Lipinski definition) is 3. The Kier molecular flexibility index (Phi) is 4.71. The number of nitrogens with zero attached hydrogens (tertiary/aromatic N) is 1. The number of likely N-dealkylation sites (tertiary alicyclic amines) is 1. The van der Waals surface area contributed by atoms with Gasteiger partial charge in [-0.3, -0.25) is 0 Å². The predicted octanol–water partition coefficient (Wildman–Crippen LogP) is 2.29. The highest BCUT2D eigenvalue weighted by Gasteiger charge is 2.23. The number of rotatable bonds is 3. The standard InChI is InChI=1S/C17H27N3/c1-2-20-11-8-15(9-12-20)19-17-7-10-18-13-14-5-3-4-6-16(14)17/h3-6,15,17-19H,2,7-13H2,1H3. The second kappa shape index (κ2) is 6.70. The van der Waals surface area contributed by atoms with Gasteiger partial charge in [0.2, 0.25) is 0 Å². The van der Waals surface area contributed by atoms with Crippen molar-refractivity contribution in [1.29, 1.82) is 0 Å². The summed E-state index contributed by atoms with van der Waals surface area (Å²) in [5, 5.41) is 7.47. The Bertz CT molecular complexity index is 424. The third kappa shape index (κ3) is 3.22. The number of fused-ring (bicyclic) bond motifs is 1. The van der Waals surface area contributed by atoms with E-state index in [0.717, 1.165) is 13.1 Å². The van der Waals surface area contributed by atoms with Crippen molar-refractivity contribution in [2.24, 2.45) is 0 Å². The summed E-state index contributed by atoms with van der Waals surface area (Å²) in [6, 6.07) is 10.1. The summed E-state index contributed by atoms with van der Waals surface area (Å²) in [6.45, 7) is 8.09. The van der Waals surface area contributed by atoms with Gasteiger partial charge in [-0.15, -0.1) is 0 Å². The maximum Gasteiger partial charge on any atom is 0.0337 e. The van der Waals surface area contributed by atoms with Crippen molar-refractivity contribution in [2.75, 3.05) is 26.2 Å². The lowest BCUT2D eigenvalue weighted by Crippen LogP contribution is -2.43. The Hall–Kier alpha value is -0.900. The molecule has 0 radical (unpaired) electrons. The van der Waals surface area contributed by atoms with Crippen LogP contribution in [0.15, 0.2) is 24.3 Å². The smallest absolute Gasteiger partial charge is 0.0337 e. The molecule has 20 heavy (non-hydrogen) atoms. The monoisotopic (exact) mass is 273 g/mol. The number of benzene rings is 1. The Morgan fingerprint density at radius 3 is 2.80 bits per heavy atom. The van der Waals surface area contributed by atoms with E-state index in [0.29, 0.717) is 12.1 Å². The molecule has 2 aliphatic heterocycles. The molecule has 1 aromatic rings. The molecule has 110 valence electrons. The zero-order valence-electron chi connectivity index (χ0n) is 12.6. The normalized spacial score (nSPS) is 25.1. The Labute approximate surface area is 122 Å². The molecule has 0 aromatic heterocycles. The van der Waals surface area contributed by atoms with E-state index in [1.54, 1.807) is 0 Å². The molecule has 1 atom stereocenters. The van der Waals surface area contributed by atoms with Crippen LogP contribution in [0.4, 0.5) is 0 Å². The van der Waals surface area contributed by atoms with Gasteiger partial charge < -0.3 is 15.5 Å². The first-order valence-electron chi connectivity index (χ1n) is 8.13. The molecule has 0 amide bonds. The maximum absolute atomic E-state index is 3.93. The number of nitrogens with one attached hydrogen (secondary N) is 2. The Balaban J connectivity index is 1.65. The average molecular weight is 273 g/mol.